The van der Waals surface area contributed by atoms with Crippen LogP contribution < -0.4 is 11.2 Å². The van der Waals surface area contributed by atoms with Gasteiger partial charge in [0.2, 0.25) is 0 Å². The van der Waals surface area contributed by atoms with Gasteiger partial charge in [0.05, 0.1) is 13.2 Å². The van der Waals surface area contributed by atoms with E-state index in [0.717, 1.165) is 17.7 Å². The molecule has 1 aliphatic carbocycles. The van der Waals surface area contributed by atoms with Crippen LogP contribution in [0.4, 0.5) is 0 Å². The molecular formula is C17H18N2O3. The van der Waals surface area contributed by atoms with Crippen molar-refractivity contribution in [2.45, 2.75) is 20.0 Å². The Labute approximate surface area is 127 Å². The minimum atomic E-state index is -0.394. The van der Waals surface area contributed by atoms with E-state index in [9.17, 15) is 9.59 Å². The maximum Gasteiger partial charge on any atom is 0.332 e. The Morgan fingerprint density at radius 2 is 2.05 bits per heavy atom. The van der Waals surface area contributed by atoms with Crippen LogP contribution in [-0.4, -0.2) is 16.2 Å². The SMILES string of the molecule is Cc1cn(C2=CCC2COCc2ccccc2)c(=O)[nH]c1=O. The highest BCUT2D eigenvalue weighted by Gasteiger charge is 2.24. The molecule has 0 amide bonds. The number of ether oxygens (including phenoxy) is 1. The average molecular weight is 298 g/mol. The van der Waals surface area contributed by atoms with Crippen molar-refractivity contribution in [3.05, 3.63) is 74.6 Å². The molecule has 22 heavy (non-hydrogen) atoms. The number of rotatable bonds is 5. The summed E-state index contributed by atoms with van der Waals surface area (Å²) < 4.78 is 7.25. The van der Waals surface area contributed by atoms with Gasteiger partial charge >= 0.3 is 5.69 Å². The summed E-state index contributed by atoms with van der Waals surface area (Å²) in [7, 11) is 0. The molecule has 1 heterocycles. The van der Waals surface area contributed by atoms with Crippen molar-refractivity contribution in [1.29, 1.82) is 0 Å². The molecule has 1 unspecified atom stereocenters. The Morgan fingerprint density at radius 1 is 1.27 bits per heavy atom. The maximum atomic E-state index is 11.9. The lowest BCUT2D eigenvalue weighted by Gasteiger charge is -2.28. The second-order valence-electron chi connectivity index (χ2n) is 5.50. The zero-order valence-electron chi connectivity index (χ0n) is 12.4. The molecule has 0 fully saturated rings. The third kappa shape index (κ3) is 2.94. The van der Waals surface area contributed by atoms with Gasteiger partial charge in [0, 0.05) is 23.4 Å². The van der Waals surface area contributed by atoms with E-state index in [1.807, 2.05) is 36.4 Å². The van der Waals surface area contributed by atoms with Crippen molar-refractivity contribution in [3.8, 4) is 0 Å². The van der Waals surface area contributed by atoms with Crippen LogP contribution >= 0.6 is 0 Å². The van der Waals surface area contributed by atoms with Gasteiger partial charge in [0.25, 0.3) is 5.56 Å². The first-order valence-electron chi connectivity index (χ1n) is 7.30. The monoisotopic (exact) mass is 298 g/mol. The Kier molecular flexibility index (Phi) is 4.06. The highest BCUT2D eigenvalue weighted by molar-refractivity contribution is 5.55. The summed E-state index contributed by atoms with van der Waals surface area (Å²) >= 11 is 0. The van der Waals surface area contributed by atoms with Gasteiger partial charge in [-0.05, 0) is 18.9 Å². The predicted molar refractivity (Wildman–Crippen MR) is 84.5 cm³/mol. The van der Waals surface area contributed by atoms with Crippen molar-refractivity contribution in [2.75, 3.05) is 6.61 Å². The lowest BCUT2D eigenvalue weighted by atomic mass is 9.91. The highest BCUT2D eigenvalue weighted by atomic mass is 16.5. The second kappa shape index (κ2) is 6.15. The third-order valence-corrected chi connectivity index (χ3v) is 3.86. The van der Waals surface area contributed by atoms with Crippen LogP contribution in [0.1, 0.15) is 17.5 Å². The molecule has 2 aromatic rings. The van der Waals surface area contributed by atoms with Gasteiger partial charge in [-0.1, -0.05) is 36.4 Å². The fraction of sp³-hybridized carbons (Fsp3) is 0.294. The number of aromatic nitrogens is 2. The normalized spacial score (nSPS) is 17.0. The molecule has 1 aromatic carbocycles. The van der Waals surface area contributed by atoms with Crippen LogP contribution in [-0.2, 0) is 11.3 Å². The van der Waals surface area contributed by atoms with Crippen molar-refractivity contribution in [3.63, 3.8) is 0 Å². The third-order valence-electron chi connectivity index (χ3n) is 3.86. The van der Waals surface area contributed by atoms with E-state index in [1.165, 1.54) is 4.57 Å². The number of allylic oxidation sites excluding steroid dienone is 1. The number of hydrogen-bond acceptors (Lipinski definition) is 3. The summed E-state index contributed by atoms with van der Waals surface area (Å²) in [4.78, 5) is 25.6. The number of aryl methyl sites for hydroxylation is 1. The molecule has 0 radical (unpaired) electrons. The Morgan fingerprint density at radius 3 is 2.73 bits per heavy atom. The number of H-pyrrole nitrogens is 1. The fourth-order valence-electron chi connectivity index (χ4n) is 2.49. The lowest BCUT2D eigenvalue weighted by Crippen LogP contribution is -2.34. The van der Waals surface area contributed by atoms with E-state index in [2.05, 4.69) is 4.98 Å². The van der Waals surface area contributed by atoms with Crippen LogP contribution in [0.5, 0.6) is 0 Å². The minimum absolute atomic E-state index is 0.187. The Bertz CT molecular complexity index is 803. The van der Waals surface area contributed by atoms with Gasteiger partial charge in [0.1, 0.15) is 0 Å². The maximum absolute atomic E-state index is 11.9. The van der Waals surface area contributed by atoms with Crippen molar-refractivity contribution in [2.24, 2.45) is 5.92 Å². The summed E-state index contributed by atoms with van der Waals surface area (Å²) in [5.74, 6) is 0.187. The summed E-state index contributed by atoms with van der Waals surface area (Å²) in [6, 6.07) is 9.98. The van der Waals surface area contributed by atoms with Crippen LogP contribution in [0.3, 0.4) is 0 Å². The molecule has 0 aliphatic heterocycles. The Balaban J connectivity index is 1.64. The van der Waals surface area contributed by atoms with Crippen LogP contribution in [0.15, 0.2) is 52.2 Å². The molecule has 5 heteroatoms. The second-order valence-corrected chi connectivity index (χ2v) is 5.50. The summed E-state index contributed by atoms with van der Waals surface area (Å²) in [6.07, 6.45) is 4.47. The van der Waals surface area contributed by atoms with Gasteiger partial charge in [-0.15, -0.1) is 0 Å². The standard InChI is InChI=1S/C17H18N2O3/c1-12-9-19(17(21)18-16(12)20)15-8-7-14(15)11-22-10-13-5-3-2-4-6-13/h2-6,8-9,14H,7,10-11H2,1H3,(H,18,20,21). The number of hydrogen-bond donors (Lipinski definition) is 1. The zero-order valence-corrected chi connectivity index (χ0v) is 12.4. The fourth-order valence-corrected chi connectivity index (χ4v) is 2.49. The first-order chi connectivity index (χ1) is 10.6. The largest absolute Gasteiger partial charge is 0.376 e. The van der Waals surface area contributed by atoms with E-state index >= 15 is 0 Å². The number of benzene rings is 1. The smallest absolute Gasteiger partial charge is 0.332 e. The van der Waals surface area contributed by atoms with E-state index in [4.69, 9.17) is 4.74 Å². The van der Waals surface area contributed by atoms with Crippen LogP contribution in [0, 0.1) is 12.8 Å². The summed E-state index contributed by atoms with van der Waals surface area (Å²) in [6.45, 7) is 2.81. The molecule has 0 spiro atoms. The summed E-state index contributed by atoms with van der Waals surface area (Å²) in [5, 5.41) is 0. The average Bonchev–Trinajstić information content (AvgIpc) is 2.49. The van der Waals surface area contributed by atoms with Crippen molar-refractivity contribution in [1.82, 2.24) is 9.55 Å². The number of nitrogens with zero attached hydrogens (tertiary/aromatic N) is 1. The minimum Gasteiger partial charge on any atom is -0.376 e. The van der Waals surface area contributed by atoms with Gasteiger partial charge in [-0.2, -0.15) is 0 Å². The molecule has 0 saturated heterocycles. The van der Waals surface area contributed by atoms with E-state index in [0.29, 0.717) is 18.8 Å². The molecule has 1 aromatic heterocycles. The Hall–Kier alpha value is -2.40. The summed E-state index contributed by atoms with van der Waals surface area (Å²) in [5.41, 5.74) is 1.82. The van der Waals surface area contributed by atoms with E-state index < -0.39 is 5.69 Å². The molecule has 114 valence electrons. The van der Waals surface area contributed by atoms with Gasteiger partial charge in [-0.25, -0.2) is 4.79 Å². The molecule has 5 nitrogen and oxygen atoms in total. The zero-order chi connectivity index (χ0) is 15.5. The molecular weight excluding hydrogens is 280 g/mol. The van der Waals surface area contributed by atoms with Crippen molar-refractivity contribution >= 4 is 5.70 Å². The predicted octanol–water partition coefficient (Wildman–Crippen LogP) is 1.92. The van der Waals surface area contributed by atoms with Gasteiger partial charge < -0.3 is 4.74 Å². The molecule has 1 aliphatic rings. The van der Waals surface area contributed by atoms with Gasteiger partial charge in [0.15, 0.2) is 0 Å². The van der Waals surface area contributed by atoms with Crippen LogP contribution in [0.2, 0.25) is 0 Å². The number of nitrogens with one attached hydrogen (secondary N) is 1. The van der Waals surface area contributed by atoms with Gasteiger partial charge in [-0.3, -0.25) is 14.3 Å². The first kappa shape index (κ1) is 14.5. The molecule has 1 N–H and O–H groups in total. The van der Waals surface area contributed by atoms with Crippen LogP contribution in [0.25, 0.3) is 5.70 Å². The highest BCUT2D eigenvalue weighted by Crippen LogP contribution is 2.30. The lowest BCUT2D eigenvalue weighted by molar-refractivity contribution is 0.0975. The van der Waals surface area contributed by atoms with E-state index in [1.54, 1.807) is 13.1 Å². The first-order valence-corrected chi connectivity index (χ1v) is 7.30. The van der Waals surface area contributed by atoms with Crippen molar-refractivity contribution < 1.29 is 4.74 Å². The van der Waals surface area contributed by atoms with E-state index in [-0.39, 0.29) is 11.5 Å². The molecule has 3 rings (SSSR count). The number of aromatic amines is 1. The quantitative estimate of drug-likeness (QED) is 0.917. The molecule has 0 saturated carbocycles. The molecule has 0 bridgehead atoms. The topological polar surface area (TPSA) is 64.1 Å². The molecule has 1 atom stereocenters.